The lowest BCUT2D eigenvalue weighted by atomic mass is 10.3. The van der Waals surface area contributed by atoms with Crippen LogP contribution in [-0.2, 0) is 13.1 Å². The molecule has 2 aromatic heterocycles. The number of thiazole rings is 1. The van der Waals surface area contributed by atoms with Crippen molar-refractivity contribution in [2.24, 2.45) is 4.99 Å². The van der Waals surface area contributed by atoms with E-state index in [-0.39, 0.29) is 24.0 Å². The number of methoxy groups -OCH3 is 1. The van der Waals surface area contributed by atoms with E-state index in [1.165, 1.54) is 0 Å². The van der Waals surface area contributed by atoms with Gasteiger partial charge in [-0.1, -0.05) is 6.07 Å². The van der Waals surface area contributed by atoms with Gasteiger partial charge >= 0.3 is 0 Å². The molecule has 6 nitrogen and oxygen atoms in total. The van der Waals surface area contributed by atoms with E-state index in [0.29, 0.717) is 24.9 Å². The van der Waals surface area contributed by atoms with Crippen LogP contribution in [0.3, 0.4) is 0 Å². The summed E-state index contributed by atoms with van der Waals surface area (Å²) in [7, 11) is 3.34. The van der Waals surface area contributed by atoms with Crippen LogP contribution in [-0.4, -0.2) is 30.1 Å². The number of nitrogens with one attached hydrogen (secondary N) is 2. The third-order valence-corrected chi connectivity index (χ3v) is 3.69. The molecule has 120 valence electrons. The first-order valence-electron chi connectivity index (χ1n) is 6.56. The highest BCUT2D eigenvalue weighted by atomic mass is 127. The van der Waals surface area contributed by atoms with Gasteiger partial charge in [0.25, 0.3) is 0 Å². The van der Waals surface area contributed by atoms with Crippen molar-refractivity contribution >= 4 is 41.3 Å². The molecular weight excluding hydrogens is 413 g/mol. The summed E-state index contributed by atoms with van der Waals surface area (Å²) in [6, 6.07) is 5.67. The number of rotatable bonds is 5. The van der Waals surface area contributed by atoms with Crippen molar-refractivity contribution in [3.8, 4) is 5.88 Å². The molecule has 8 heteroatoms. The molecule has 2 aromatic rings. The third kappa shape index (κ3) is 5.76. The van der Waals surface area contributed by atoms with E-state index in [1.807, 2.05) is 30.5 Å². The van der Waals surface area contributed by atoms with Crippen LogP contribution in [0.2, 0.25) is 0 Å². The number of aryl methyl sites for hydroxylation is 1. The Bertz CT molecular complexity index is 617. The smallest absolute Gasteiger partial charge is 0.213 e. The van der Waals surface area contributed by atoms with Crippen molar-refractivity contribution in [1.82, 2.24) is 20.6 Å². The van der Waals surface area contributed by atoms with Crippen molar-refractivity contribution in [3.05, 3.63) is 40.0 Å². The Labute approximate surface area is 151 Å². The minimum Gasteiger partial charge on any atom is -0.481 e. The molecule has 0 radical (unpaired) electrons. The lowest BCUT2D eigenvalue weighted by Crippen LogP contribution is -2.36. The topological polar surface area (TPSA) is 71.4 Å². The standard InChI is InChI=1S/C14H19N5OS.HI/c1-10-9-21-13(18-10)8-17-14(15-2)16-7-11-5-4-6-12(19-11)20-3;/h4-6,9H,7-8H2,1-3H3,(H2,15,16,17);1H. The summed E-state index contributed by atoms with van der Waals surface area (Å²) in [5, 5.41) is 9.51. The number of nitrogens with zero attached hydrogens (tertiary/aromatic N) is 3. The van der Waals surface area contributed by atoms with Crippen LogP contribution in [0.1, 0.15) is 16.4 Å². The fourth-order valence-corrected chi connectivity index (χ4v) is 2.42. The second-order valence-electron chi connectivity index (χ2n) is 4.33. The molecule has 0 saturated carbocycles. The van der Waals surface area contributed by atoms with Gasteiger partial charge in [-0.3, -0.25) is 4.99 Å². The molecule has 0 aliphatic heterocycles. The molecule has 0 bridgehead atoms. The summed E-state index contributed by atoms with van der Waals surface area (Å²) >= 11 is 1.64. The number of guanidine groups is 1. The largest absolute Gasteiger partial charge is 0.481 e. The van der Waals surface area contributed by atoms with Crippen molar-refractivity contribution in [2.75, 3.05) is 14.2 Å². The van der Waals surface area contributed by atoms with E-state index < -0.39 is 0 Å². The summed E-state index contributed by atoms with van der Waals surface area (Å²) in [5.41, 5.74) is 1.93. The Morgan fingerprint density at radius 3 is 2.68 bits per heavy atom. The zero-order valence-electron chi connectivity index (χ0n) is 12.8. The monoisotopic (exact) mass is 433 g/mol. The van der Waals surface area contributed by atoms with Gasteiger partial charge in [-0.05, 0) is 13.0 Å². The molecule has 0 aliphatic rings. The molecular formula is C14H20IN5OS. The highest BCUT2D eigenvalue weighted by Gasteiger charge is 2.03. The van der Waals surface area contributed by atoms with E-state index in [1.54, 1.807) is 25.5 Å². The van der Waals surface area contributed by atoms with Crippen LogP contribution in [0.15, 0.2) is 28.6 Å². The van der Waals surface area contributed by atoms with E-state index in [4.69, 9.17) is 4.74 Å². The molecule has 0 fully saturated rings. The van der Waals surface area contributed by atoms with Crippen LogP contribution < -0.4 is 15.4 Å². The zero-order chi connectivity index (χ0) is 15.1. The van der Waals surface area contributed by atoms with Crippen molar-refractivity contribution in [1.29, 1.82) is 0 Å². The van der Waals surface area contributed by atoms with Gasteiger partial charge in [-0.2, -0.15) is 0 Å². The summed E-state index contributed by atoms with van der Waals surface area (Å²) in [5.74, 6) is 1.32. The molecule has 2 rings (SSSR count). The zero-order valence-corrected chi connectivity index (χ0v) is 15.9. The Morgan fingerprint density at radius 2 is 2.05 bits per heavy atom. The average Bonchev–Trinajstić information content (AvgIpc) is 2.93. The molecule has 0 saturated heterocycles. The lowest BCUT2D eigenvalue weighted by molar-refractivity contribution is 0.396. The van der Waals surface area contributed by atoms with Crippen LogP contribution in [0.25, 0.3) is 0 Å². The van der Waals surface area contributed by atoms with Gasteiger partial charge in [0, 0.05) is 24.2 Å². The Balaban J connectivity index is 0.00000242. The minimum absolute atomic E-state index is 0. The fourth-order valence-electron chi connectivity index (χ4n) is 1.71. The number of hydrogen-bond acceptors (Lipinski definition) is 5. The Kier molecular flexibility index (Phi) is 8.10. The predicted molar refractivity (Wildman–Crippen MR) is 100 cm³/mol. The van der Waals surface area contributed by atoms with Crippen LogP contribution in [0.4, 0.5) is 0 Å². The Hall–Kier alpha value is -1.42. The maximum Gasteiger partial charge on any atom is 0.213 e. The maximum atomic E-state index is 5.10. The maximum absolute atomic E-state index is 5.10. The number of aromatic nitrogens is 2. The SMILES string of the molecule is CN=C(NCc1cccc(OC)n1)NCc1nc(C)cs1.I. The first-order valence-corrected chi connectivity index (χ1v) is 7.44. The van der Waals surface area contributed by atoms with E-state index >= 15 is 0 Å². The van der Waals surface area contributed by atoms with Gasteiger partial charge in [0.1, 0.15) is 5.01 Å². The van der Waals surface area contributed by atoms with Gasteiger partial charge in [0.15, 0.2) is 5.96 Å². The predicted octanol–water partition coefficient (Wildman–Crippen LogP) is 2.34. The normalized spacial score (nSPS) is 10.8. The molecule has 0 atom stereocenters. The molecule has 22 heavy (non-hydrogen) atoms. The molecule has 0 spiro atoms. The number of ether oxygens (including phenoxy) is 1. The first-order chi connectivity index (χ1) is 10.2. The van der Waals surface area contributed by atoms with E-state index in [2.05, 4.69) is 25.6 Å². The quantitative estimate of drug-likeness (QED) is 0.431. The summed E-state index contributed by atoms with van der Waals surface area (Å²) in [6.07, 6.45) is 0. The van der Waals surface area contributed by atoms with Crippen molar-refractivity contribution in [3.63, 3.8) is 0 Å². The van der Waals surface area contributed by atoms with E-state index in [9.17, 15) is 0 Å². The number of pyridine rings is 1. The van der Waals surface area contributed by atoms with Gasteiger partial charge in [-0.15, -0.1) is 35.3 Å². The molecule has 0 aliphatic carbocycles. The summed E-state index contributed by atoms with van der Waals surface area (Å²) in [6.45, 7) is 3.22. The second kappa shape index (κ2) is 9.57. The van der Waals surface area contributed by atoms with E-state index in [0.717, 1.165) is 16.4 Å². The van der Waals surface area contributed by atoms with Crippen molar-refractivity contribution < 1.29 is 4.74 Å². The summed E-state index contributed by atoms with van der Waals surface area (Å²) < 4.78 is 5.10. The molecule has 0 unspecified atom stereocenters. The third-order valence-electron chi connectivity index (χ3n) is 2.72. The van der Waals surface area contributed by atoms with Gasteiger partial charge < -0.3 is 15.4 Å². The van der Waals surface area contributed by atoms with Crippen LogP contribution >= 0.6 is 35.3 Å². The molecule has 2 N–H and O–H groups in total. The van der Waals surface area contributed by atoms with Crippen LogP contribution in [0, 0.1) is 6.92 Å². The number of aliphatic imine (C=N–C) groups is 1. The van der Waals surface area contributed by atoms with Crippen molar-refractivity contribution in [2.45, 2.75) is 20.0 Å². The second-order valence-corrected chi connectivity index (χ2v) is 5.28. The minimum atomic E-state index is 0. The molecule has 0 amide bonds. The molecule has 0 aromatic carbocycles. The highest BCUT2D eigenvalue weighted by molar-refractivity contribution is 14.0. The Morgan fingerprint density at radius 1 is 1.27 bits per heavy atom. The lowest BCUT2D eigenvalue weighted by Gasteiger charge is -2.11. The van der Waals surface area contributed by atoms with Gasteiger partial charge in [0.05, 0.1) is 25.9 Å². The average molecular weight is 433 g/mol. The fraction of sp³-hybridized carbons (Fsp3) is 0.357. The first kappa shape index (κ1) is 18.6. The number of halogens is 1. The molecule has 2 heterocycles. The number of hydrogen-bond donors (Lipinski definition) is 2. The van der Waals surface area contributed by atoms with Gasteiger partial charge in [0.2, 0.25) is 5.88 Å². The van der Waals surface area contributed by atoms with Crippen LogP contribution in [0.5, 0.6) is 5.88 Å². The highest BCUT2D eigenvalue weighted by Crippen LogP contribution is 2.08. The summed E-state index contributed by atoms with van der Waals surface area (Å²) in [4.78, 5) is 12.9. The van der Waals surface area contributed by atoms with Gasteiger partial charge in [-0.25, -0.2) is 9.97 Å².